The van der Waals surface area contributed by atoms with Gasteiger partial charge in [-0.3, -0.25) is 4.79 Å². The Hall–Kier alpha value is -1.28. The van der Waals surface area contributed by atoms with E-state index in [9.17, 15) is 15.0 Å². The molecule has 1 saturated heterocycles. The zero-order chi connectivity index (χ0) is 12.6. The van der Waals surface area contributed by atoms with E-state index in [-0.39, 0.29) is 0 Å². The molecule has 1 fully saturated rings. The number of aliphatic hydroxyl groups is 3. The summed E-state index contributed by atoms with van der Waals surface area (Å²) in [6.45, 7) is 0.998. The molecule has 7 heteroatoms. The minimum absolute atomic E-state index is 0.401. The Morgan fingerprint density at radius 1 is 1.65 bits per heavy atom. The largest absolute Gasteiger partial charge is 0.394 e. The molecule has 3 N–H and O–H groups in total. The van der Waals surface area contributed by atoms with E-state index in [4.69, 9.17) is 9.84 Å². The predicted molar refractivity (Wildman–Crippen MR) is 56.1 cm³/mol. The molecule has 0 spiro atoms. The van der Waals surface area contributed by atoms with Gasteiger partial charge in [0.2, 0.25) is 0 Å². The SMILES string of the molecule is C[C@@]1(O)[C@H](O)[C@@H](CO)O[C@H]1n1ccc(=O)nc1. The van der Waals surface area contributed by atoms with Crippen LogP contribution in [0.5, 0.6) is 0 Å². The third kappa shape index (κ3) is 1.98. The van der Waals surface area contributed by atoms with Gasteiger partial charge in [0.15, 0.2) is 6.23 Å². The monoisotopic (exact) mass is 242 g/mol. The Balaban J connectivity index is 2.33. The molecule has 0 aliphatic carbocycles. The van der Waals surface area contributed by atoms with Crippen LogP contribution in [0.2, 0.25) is 0 Å². The van der Waals surface area contributed by atoms with Crippen LogP contribution in [0, 0.1) is 0 Å². The average molecular weight is 242 g/mol. The highest BCUT2D eigenvalue weighted by molar-refractivity contribution is 5.00. The third-order valence-corrected chi connectivity index (χ3v) is 2.91. The Morgan fingerprint density at radius 2 is 2.35 bits per heavy atom. The van der Waals surface area contributed by atoms with Crippen molar-refractivity contribution in [2.75, 3.05) is 6.61 Å². The van der Waals surface area contributed by atoms with Crippen LogP contribution in [0.3, 0.4) is 0 Å². The molecular weight excluding hydrogens is 228 g/mol. The maximum atomic E-state index is 10.9. The fourth-order valence-electron chi connectivity index (χ4n) is 1.91. The van der Waals surface area contributed by atoms with Gasteiger partial charge in [0.1, 0.15) is 24.1 Å². The highest BCUT2D eigenvalue weighted by atomic mass is 16.6. The van der Waals surface area contributed by atoms with Gasteiger partial charge >= 0.3 is 0 Å². The van der Waals surface area contributed by atoms with Crippen LogP contribution in [0.4, 0.5) is 0 Å². The summed E-state index contributed by atoms with van der Waals surface area (Å²) in [6.07, 6.45) is -0.358. The zero-order valence-electron chi connectivity index (χ0n) is 9.22. The molecule has 0 aromatic carbocycles. The molecular formula is C10H14N2O5. The van der Waals surface area contributed by atoms with Crippen molar-refractivity contribution in [3.8, 4) is 0 Å². The predicted octanol–water partition coefficient (Wildman–Crippen LogP) is -1.76. The van der Waals surface area contributed by atoms with Crippen LogP contribution in [0.15, 0.2) is 23.4 Å². The zero-order valence-corrected chi connectivity index (χ0v) is 9.22. The number of rotatable bonds is 2. The lowest BCUT2D eigenvalue weighted by Gasteiger charge is -2.27. The summed E-state index contributed by atoms with van der Waals surface area (Å²) in [5.74, 6) is 0. The van der Waals surface area contributed by atoms with Gasteiger partial charge in [-0.15, -0.1) is 0 Å². The molecule has 0 saturated carbocycles. The molecule has 1 aliphatic rings. The Bertz CT molecular complexity index is 438. The highest BCUT2D eigenvalue weighted by Crippen LogP contribution is 2.37. The third-order valence-electron chi connectivity index (χ3n) is 2.91. The van der Waals surface area contributed by atoms with Crippen LogP contribution >= 0.6 is 0 Å². The van der Waals surface area contributed by atoms with Gasteiger partial charge < -0.3 is 24.6 Å². The van der Waals surface area contributed by atoms with Crippen molar-refractivity contribution in [2.24, 2.45) is 0 Å². The second-order valence-corrected chi connectivity index (χ2v) is 4.23. The molecule has 0 unspecified atom stereocenters. The van der Waals surface area contributed by atoms with Crippen LogP contribution in [0.1, 0.15) is 13.2 Å². The normalized spacial score (nSPS) is 37.3. The quantitative estimate of drug-likeness (QED) is 0.567. The van der Waals surface area contributed by atoms with Gasteiger partial charge in [0.05, 0.1) is 6.61 Å². The molecule has 0 amide bonds. The van der Waals surface area contributed by atoms with Gasteiger partial charge in [-0.25, -0.2) is 0 Å². The lowest BCUT2D eigenvalue weighted by Crippen LogP contribution is -2.44. The molecule has 0 radical (unpaired) electrons. The molecule has 2 rings (SSSR count). The number of hydrogen-bond donors (Lipinski definition) is 3. The number of nitrogens with zero attached hydrogens (tertiary/aromatic N) is 2. The Labute approximate surface area is 96.9 Å². The number of hydrogen-bond acceptors (Lipinski definition) is 6. The minimum atomic E-state index is -1.57. The van der Waals surface area contributed by atoms with Crippen molar-refractivity contribution in [3.05, 3.63) is 28.9 Å². The molecule has 1 aliphatic heterocycles. The van der Waals surface area contributed by atoms with Crippen molar-refractivity contribution in [1.82, 2.24) is 9.55 Å². The van der Waals surface area contributed by atoms with Gasteiger partial charge in [0.25, 0.3) is 5.56 Å². The molecule has 4 atom stereocenters. The van der Waals surface area contributed by atoms with E-state index < -0.39 is 36.2 Å². The lowest BCUT2D eigenvalue weighted by molar-refractivity contribution is -0.0973. The first-order valence-corrected chi connectivity index (χ1v) is 5.17. The molecule has 7 nitrogen and oxygen atoms in total. The maximum absolute atomic E-state index is 10.9. The lowest BCUT2D eigenvalue weighted by atomic mass is 9.97. The van der Waals surface area contributed by atoms with Crippen molar-refractivity contribution in [1.29, 1.82) is 0 Å². The first kappa shape index (κ1) is 12.2. The van der Waals surface area contributed by atoms with E-state index in [0.717, 1.165) is 0 Å². The summed E-state index contributed by atoms with van der Waals surface area (Å²) in [5, 5.41) is 28.9. The van der Waals surface area contributed by atoms with Crippen LogP contribution in [0.25, 0.3) is 0 Å². The van der Waals surface area contributed by atoms with Crippen LogP contribution < -0.4 is 5.56 Å². The van der Waals surface area contributed by atoms with E-state index in [1.54, 1.807) is 0 Å². The fourth-order valence-corrected chi connectivity index (χ4v) is 1.91. The molecule has 1 aromatic rings. The van der Waals surface area contributed by atoms with E-state index in [1.807, 2.05) is 0 Å². The highest BCUT2D eigenvalue weighted by Gasteiger charge is 2.52. The van der Waals surface area contributed by atoms with E-state index >= 15 is 0 Å². The van der Waals surface area contributed by atoms with Crippen LogP contribution in [-0.4, -0.2) is 49.3 Å². The molecule has 94 valence electrons. The second-order valence-electron chi connectivity index (χ2n) is 4.23. The molecule has 0 bridgehead atoms. The van der Waals surface area contributed by atoms with Crippen molar-refractivity contribution in [2.45, 2.75) is 31.0 Å². The Morgan fingerprint density at radius 3 is 2.82 bits per heavy atom. The number of aliphatic hydroxyl groups excluding tert-OH is 2. The number of aromatic nitrogens is 2. The second kappa shape index (κ2) is 4.19. The molecule has 17 heavy (non-hydrogen) atoms. The summed E-state index contributed by atoms with van der Waals surface area (Å²) in [5.41, 5.74) is -1.97. The smallest absolute Gasteiger partial charge is 0.272 e. The van der Waals surface area contributed by atoms with Gasteiger partial charge in [0, 0.05) is 12.3 Å². The summed E-state index contributed by atoms with van der Waals surface area (Å²) in [4.78, 5) is 14.4. The topological polar surface area (TPSA) is 105 Å². The summed E-state index contributed by atoms with van der Waals surface area (Å²) in [6, 6.07) is 1.22. The van der Waals surface area contributed by atoms with Gasteiger partial charge in [-0.1, -0.05) is 0 Å². The number of ether oxygens (including phenoxy) is 1. The van der Waals surface area contributed by atoms with Gasteiger partial charge in [-0.05, 0) is 6.92 Å². The van der Waals surface area contributed by atoms with Crippen molar-refractivity contribution >= 4 is 0 Å². The summed E-state index contributed by atoms with van der Waals surface area (Å²) >= 11 is 0. The minimum Gasteiger partial charge on any atom is -0.394 e. The van der Waals surface area contributed by atoms with Crippen molar-refractivity contribution < 1.29 is 20.1 Å². The van der Waals surface area contributed by atoms with E-state index in [1.165, 1.54) is 30.1 Å². The van der Waals surface area contributed by atoms with Crippen LogP contribution in [-0.2, 0) is 4.74 Å². The summed E-state index contributed by atoms with van der Waals surface area (Å²) < 4.78 is 6.71. The molecule has 2 heterocycles. The standard InChI is InChI=1S/C10H14N2O5/c1-10(16)8(15)6(4-13)17-9(10)12-3-2-7(14)11-5-12/h2-3,5-6,8-9,13,15-16H,4H2,1H3/t6-,8-,9-,10-/m1/s1. The first-order valence-electron chi connectivity index (χ1n) is 5.17. The summed E-state index contributed by atoms with van der Waals surface area (Å²) in [7, 11) is 0. The van der Waals surface area contributed by atoms with Gasteiger partial charge in [-0.2, -0.15) is 4.98 Å². The first-order chi connectivity index (χ1) is 7.96. The molecule has 1 aromatic heterocycles. The average Bonchev–Trinajstić information content (AvgIpc) is 2.53. The van der Waals surface area contributed by atoms with E-state index in [0.29, 0.717) is 0 Å². The maximum Gasteiger partial charge on any atom is 0.272 e. The fraction of sp³-hybridized carbons (Fsp3) is 0.600. The van der Waals surface area contributed by atoms with E-state index in [2.05, 4.69) is 4.98 Å². The Kier molecular flexibility index (Phi) is 3.00. The van der Waals surface area contributed by atoms with Crippen molar-refractivity contribution in [3.63, 3.8) is 0 Å².